The summed E-state index contributed by atoms with van der Waals surface area (Å²) in [7, 11) is 0. The minimum absolute atomic E-state index is 0.178. The summed E-state index contributed by atoms with van der Waals surface area (Å²) in [6.45, 7) is 0.323. The zero-order valence-corrected chi connectivity index (χ0v) is 14.5. The van der Waals surface area contributed by atoms with E-state index in [0.717, 1.165) is 6.42 Å². The molecule has 138 valence electrons. The van der Waals surface area contributed by atoms with Crippen LogP contribution in [0, 0.1) is 5.82 Å². The van der Waals surface area contributed by atoms with Crippen molar-refractivity contribution in [2.24, 2.45) is 0 Å². The number of carbonyl (C=O) groups is 3. The van der Waals surface area contributed by atoms with Crippen molar-refractivity contribution >= 4 is 29.1 Å². The SMILES string of the molecule is O=C(CN1C(=O)C2CCCN2C(=O)c2ccccc21)Nc1ccc(F)cc1. The second kappa shape index (κ2) is 6.83. The summed E-state index contributed by atoms with van der Waals surface area (Å²) in [5.41, 5.74) is 1.30. The van der Waals surface area contributed by atoms with E-state index in [2.05, 4.69) is 5.32 Å². The summed E-state index contributed by atoms with van der Waals surface area (Å²) in [5.74, 6) is -1.24. The molecule has 2 aliphatic heterocycles. The Bertz CT molecular complexity index is 913. The van der Waals surface area contributed by atoms with Gasteiger partial charge in [0.05, 0.1) is 11.3 Å². The third-order valence-electron chi connectivity index (χ3n) is 4.92. The highest BCUT2D eigenvalue weighted by atomic mass is 19.1. The van der Waals surface area contributed by atoms with E-state index in [1.54, 1.807) is 29.2 Å². The largest absolute Gasteiger partial charge is 0.327 e. The fraction of sp³-hybridized carbons (Fsp3) is 0.250. The number of hydrogen-bond acceptors (Lipinski definition) is 3. The summed E-state index contributed by atoms with van der Waals surface area (Å²) >= 11 is 0. The Kier molecular flexibility index (Phi) is 4.35. The molecule has 0 radical (unpaired) electrons. The lowest BCUT2D eigenvalue weighted by Crippen LogP contribution is -2.47. The van der Waals surface area contributed by atoms with Crippen molar-refractivity contribution in [3.63, 3.8) is 0 Å². The molecule has 1 atom stereocenters. The van der Waals surface area contributed by atoms with Crippen molar-refractivity contribution in [1.29, 1.82) is 0 Å². The number of amides is 3. The molecule has 2 heterocycles. The van der Waals surface area contributed by atoms with E-state index in [9.17, 15) is 18.8 Å². The van der Waals surface area contributed by atoms with Crippen molar-refractivity contribution < 1.29 is 18.8 Å². The molecule has 2 aliphatic rings. The van der Waals surface area contributed by atoms with Crippen LogP contribution in [-0.2, 0) is 9.59 Å². The fourth-order valence-corrected chi connectivity index (χ4v) is 3.65. The Morgan fingerprint density at radius 2 is 1.85 bits per heavy atom. The summed E-state index contributed by atoms with van der Waals surface area (Å²) < 4.78 is 13.0. The Hall–Kier alpha value is -3.22. The van der Waals surface area contributed by atoms with Gasteiger partial charge in [-0.15, -0.1) is 0 Å². The van der Waals surface area contributed by atoms with Gasteiger partial charge < -0.3 is 15.1 Å². The van der Waals surface area contributed by atoms with Crippen molar-refractivity contribution in [3.8, 4) is 0 Å². The first-order chi connectivity index (χ1) is 13.0. The van der Waals surface area contributed by atoms with Crippen LogP contribution >= 0.6 is 0 Å². The average Bonchev–Trinajstić information content (AvgIpc) is 3.14. The third kappa shape index (κ3) is 3.16. The molecule has 0 saturated carbocycles. The lowest BCUT2D eigenvalue weighted by molar-refractivity contribution is -0.124. The molecule has 7 heteroatoms. The Balaban J connectivity index is 1.62. The van der Waals surface area contributed by atoms with Gasteiger partial charge in [-0.05, 0) is 49.2 Å². The monoisotopic (exact) mass is 367 g/mol. The van der Waals surface area contributed by atoms with Crippen LogP contribution in [0.4, 0.5) is 15.8 Å². The van der Waals surface area contributed by atoms with Crippen LogP contribution in [0.3, 0.4) is 0 Å². The van der Waals surface area contributed by atoms with Gasteiger partial charge in [-0.2, -0.15) is 0 Å². The number of carbonyl (C=O) groups excluding carboxylic acids is 3. The Morgan fingerprint density at radius 3 is 2.63 bits per heavy atom. The molecule has 0 bridgehead atoms. The topological polar surface area (TPSA) is 69.7 Å². The van der Waals surface area contributed by atoms with E-state index in [4.69, 9.17) is 0 Å². The number of hydrogen-bond donors (Lipinski definition) is 1. The first kappa shape index (κ1) is 17.2. The van der Waals surface area contributed by atoms with Crippen LogP contribution in [0.15, 0.2) is 48.5 Å². The van der Waals surface area contributed by atoms with Gasteiger partial charge in [0.1, 0.15) is 18.4 Å². The summed E-state index contributed by atoms with van der Waals surface area (Å²) in [5, 5.41) is 2.66. The number of fused-ring (bicyclic) bond motifs is 2. The standard InChI is InChI=1S/C20H18FN3O3/c21-13-7-9-14(10-8-13)22-18(25)12-24-16-5-2-1-4-15(16)19(26)23-11-3-6-17(23)20(24)27/h1-2,4-5,7-10,17H,3,6,11-12H2,(H,22,25). The maximum absolute atomic E-state index is 13.1. The van der Waals surface area contributed by atoms with Gasteiger partial charge in [0, 0.05) is 12.2 Å². The van der Waals surface area contributed by atoms with E-state index in [0.29, 0.717) is 29.9 Å². The van der Waals surface area contributed by atoms with Gasteiger partial charge in [-0.3, -0.25) is 14.4 Å². The van der Waals surface area contributed by atoms with Crippen molar-refractivity contribution in [3.05, 3.63) is 59.9 Å². The number of rotatable bonds is 3. The first-order valence-corrected chi connectivity index (χ1v) is 8.81. The van der Waals surface area contributed by atoms with Crippen LogP contribution < -0.4 is 10.2 Å². The van der Waals surface area contributed by atoms with Gasteiger partial charge in [0.15, 0.2) is 0 Å². The highest BCUT2D eigenvalue weighted by molar-refractivity contribution is 6.13. The predicted octanol–water partition coefficient (Wildman–Crippen LogP) is 2.42. The van der Waals surface area contributed by atoms with E-state index in [1.807, 2.05) is 0 Å². The van der Waals surface area contributed by atoms with E-state index in [1.165, 1.54) is 29.2 Å². The van der Waals surface area contributed by atoms with Gasteiger partial charge in [0.2, 0.25) is 11.8 Å². The molecule has 27 heavy (non-hydrogen) atoms. The predicted molar refractivity (Wildman–Crippen MR) is 97.9 cm³/mol. The summed E-state index contributed by atoms with van der Waals surface area (Å²) in [6.07, 6.45) is 1.36. The van der Waals surface area contributed by atoms with E-state index in [-0.39, 0.29) is 18.4 Å². The minimum atomic E-state index is -0.538. The minimum Gasteiger partial charge on any atom is -0.327 e. The molecule has 3 amide bonds. The molecule has 1 N–H and O–H groups in total. The lowest BCUT2D eigenvalue weighted by atomic mass is 10.1. The van der Waals surface area contributed by atoms with Crippen LogP contribution in [-0.4, -0.2) is 41.8 Å². The zero-order valence-electron chi connectivity index (χ0n) is 14.5. The van der Waals surface area contributed by atoms with Crippen LogP contribution in [0.5, 0.6) is 0 Å². The molecule has 6 nitrogen and oxygen atoms in total. The van der Waals surface area contributed by atoms with E-state index >= 15 is 0 Å². The molecule has 0 aliphatic carbocycles. The molecule has 1 saturated heterocycles. The van der Waals surface area contributed by atoms with E-state index < -0.39 is 17.8 Å². The summed E-state index contributed by atoms with van der Waals surface area (Å²) in [4.78, 5) is 41.4. The number of nitrogens with zero attached hydrogens (tertiary/aromatic N) is 2. The molecule has 4 rings (SSSR count). The van der Waals surface area contributed by atoms with Crippen molar-refractivity contribution in [2.45, 2.75) is 18.9 Å². The average molecular weight is 367 g/mol. The number of halogens is 1. The van der Waals surface area contributed by atoms with Gasteiger partial charge in [0.25, 0.3) is 5.91 Å². The van der Waals surface area contributed by atoms with Gasteiger partial charge in [-0.1, -0.05) is 12.1 Å². The smallest absolute Gasteiger partial charge is 0.256 e. The van der Waals surface area contributed by atoms with Crippen molar-refractivity contribution in [1.82, 2.24) is 4.90 Å². The molecule has 1 fully saturated rings. The van der Waals surface area contributed by atoms with Crippen LogP contribution in [0.2, 0.25) is 0 Å². The van der Waals surface area contributed by atoms with Crippen LogP contribution in [0.25, 0.3) is 0 Å². The molecule has 0 spiro atoms. The third-order valence-corrected chi connectivity index (χ3v) is 4.92. The molecule has 2 aromatic carbocycles. The zero-order chi connectivity index (χ0) is 19.0. The second-order valence-corrected chi connectivity index (χ2v) is 6.65. The fourth-order valence-electron chi connectivity index (χ4n) is 3.65. The quantitative estimate of drug-likeness (QED) is 0.906. The first-order valence-electron chi connectivity index (χ1n) is 8.81. The molecular weight excluding hydrogens is 349 g/mol. The van der Waals surface area contributed by atoms with Crippen molar-refractivity contribution in [2.75, 3.05) is 23.3 Å². The lowest BCUT2D eigenvalue weighted by Gasteiger charge is -2.25. The Labute approximate surface area is 155 Å². The maximum Gasteiger partial charge on any atom is 0.256 e. The number of para-hydroxylation sites is 1. The molecule has 0 aromatic heterocycles. The molecular formula is C20H18FN3O3. The van der Waals surface area contributed by atoms with Crippen LogP contribution in [0.1, 0.15) is 23.2 Å². The highest BCUT2D eigenvalue weighted by Gasteiger charge is 2.42. The number of benzene rings is 2. The molecule has 1 unspecified atom stereocenters. The summed E-state index contributed by atoms with van der Waals surface area (Å²) in [6, 6.07) is 11.7. The molecule has 2 aromatic rings. The highest BCUT2D eigenvalue weighted by Crippen LogP contribution is 2.32. The van der Waals surface area contributed by atoms with Gasteiger partial charge in [-0.25, -0.2) is 4.39 Å². The second-order valence-electron chi connectivity index (χ2n) is 6.65. The normalized spacial score (nSPS) is 18.8. The maximum atomic E-state index is 13.1. The Morgan fingerprint density at radius 1 is 1.11 bits per heavy atom. The number of anilines is 2. The number of nitrogens with one attached hydrogen (secondary N) is 1. The van der Waals surface area contributed by atoms with Gasteiger partial charge >= 0.3 is 0 Å².